The molecular formula is C13H12F3N3. The van der Waals surface area contributed by atoms with E-state index in [1.54, 1.807) is 13.0 Å². The second kappa shape index (κ2) is 5.60. The van der Waals surface area contributed by atoms with Crippen molar-refractivity contribution in [3.63, 3.8) is 0 Å². The van der Waals surface area contributed by atoms with Crippen molar-refractivity contribution in [1.29, 1.82) is 0 Å². The first-order valence-corrected chi connectivity index (χ1v) is 5.73. The number of anilines is 3. The maximum absolute atomic E-state index is 13.6. The lowest BCUT2D eigenvalue weighted by Crippen LogP contribution is -2.06. The van der Waals surface area contributed by atoms with Gasteiger partial charge in [0, 0.05) is 12.6 Å². The summed E-state index contributed by atoms with van der Waals surface area (Å²) in [6.45, 7) is 2.20. The van der Waals surface area contributed by atoms with Gasteiger partial charge in [-0.25, -0.2) is 18.2 Å². The van der Waals surface area contributed by atoms with Crippen molar-refractivity contribution in [2.45, 2.75) is 6.92 Å². The first-order chi connectivity index (χ1) is 9.11. The van der Waals surface area contributed by atoms with Crippen LogP contribution >= 0.6 is 0 Å². The standard InChI is InChI=1S/C13H12F3N3/c1-2-17-12-9(15)7-10(16)13(19-12)18-11-6-4-3-5-8(11)14/h3-7H,2H2,1H3,(H2,17,18,19). The van der Waals surface area contributed by atoms with Gasteiger partial charge in [-0.2, -0.15) is 0 Å². The Morgan fingerprint density at radius 2 is 1.68 bits per heavy atom. The lowest BCUT2D eigenvalue weighted by atomic mass is 10.3. The molecule has 3 nitrogen and oxygen atoms in total. The Kier molecular flexibility index (Phi) is 3.89. The molecule has 0 bridgehead atoms. The van der Waals surface area contributed by atoms with Gasteiger partial charge >= 0.3 is 0 Å². The second-order valence-electron chi connectivity index (χ2n) is 3.78. The lowest BCUT2D eigenvalue weighted by molar-refractivity contribution is 0.579. The number of aromatic nitrogens is 1. The Balaban J connectivity index is 2.34. The highest BCUT2D eigenvalue weighted by Crippen LogP contribution is 2.23. The first-order valence-electron chi connectivity index (χ1n) is 5.73. The van der Waals surface area contributed by atoms with Gasteiger partial charge in [0.1, 0.15) is 5.82 Å². The minimum absolute atomic E-state index is 0.0722. The number of pyridine rings is 1. The van der Waals surface area contributed by atoms with Crippen LogP contribution in [0.15, 0.2) is 30.3 Å². The molecule has 0 radical (unpaired) electrons. The van der Waals surface area contributed by atoms with Crippen LogP contribution in [0.25, 0.3) is 0 Å². The normalized spacial score (nSPS) is 10.3. The van der Waals surface area contributed by atoms with Crippen molar-refractivity contribution in [1.82, 2.24) is 4.98 Å². The number of rotatable bonds is 4. The Labute approximate surface area is 108 Å². The van der Waals surface area contributed by atoms with E-state index in [1.807, 2.05) is 0 Å². The molecule has 19 heavy (non-hydrogen) atoms. The molecule has 0 aliphatic heterocycles. The summed E-state index contributed by atoms with van der Waals surface area (Å²) < 4.78 is 40.4. The zero-order chi connectivity index (χ0) is 13.8. The molecule has 0 saturated heterocycles. The Morgan fingerprint density at radius 1 is 1.00 bits per heavy atom. The topological polar surface area (TPSA) is 37.0 Å². The van der Waals surface area contributed by atoms with E-state index in [0.29, 0.717) is 12.6 Å². The van der Waals surface area contributed by atoms with Crippen molar-refractivity contribution in [2.75, 3.05) is 17.2 Å². The van der Waals surface area contributed by atoms with Gasteiger partial charge in [-0.05, 0) is 19.1 Å². The van der Waals surface area contributed by atoms with Crippen LogP contribution in [0.5, 0.6) is 0 Å². The van der Waals surface area contributed by atoms with Gasteiger partial charge in [0.05, 0.1) is 5.69 Å². The number of hydrogen-bond acceptors (Lipinski definition) is 3. The summed E-state index contributed by atoms with van der Waals surface area (Å²) in [5.41, 5.74) is 0.0722. The molecule has 0 fully saturated rings. The number of nitrogens with zero attached hydrogens (tertiary/aromatic N) is 1. The zero-order valence-electron chi connectivity index (χ0n) is 10.2. The highest BCUT2D eigenvalue weighted by atomic mass is 19.1. The Bertz CT molecular complexity index is 587. The van der Waals surface area contributed by atoms with Crippen LogP contribution in [-0.4, -0.2) is 11.5 Å². The van der Waals surface area contributed by atoms with Crippen LogP contribution in [0.2, 0.25) is 0 Å². The van der Waals surface area contributed by atoms with Crippen LogP contribution in [0.4, 0.5) is 30.5 Å². The fourth-order valence-electron chi connectivity index (χ4n) is 1.54. The summed E-state index contributed by atoms with van der Waals surface area (Å²) in [4.78, 5) is 3.76. The van der Waals surface area contributed by atoms with E-state index < -0.39 is 17.5 Å². The predicted molar refractivity (Wildman–Crippen MR) is 68.0 cm³/mol. The van der Waals surface area contributed by atoms with Crippen LogP contribution < -0.4 is 10.6 Å². The molecule has 2 aromatic rings. The van der Waals surface area contributed by atoms with Crippen LogP contribution in [-0.2, 0) is 0 Å². The van der Waals surface area contributed by atoms with E-state index >= 15 is 0 Å². The number of halogens is 3. The average Bonchev–Trinajstić information content (AvgIpc) is 2.38. The van der Waals surface area contributed by atoms with E-state index in [9.17, 15) is 13.2 Å². The summed E-state index contributed by atoms with van der Waals surface area (Å²) in [6, 6.07) is 6.48. The monoisotopic (exact) mass is 267 g/mol. The SMILES string of the molecule is CCNc1nc(Nc2ccccc2F)c(F)cc1F. The molecule has 0 atom stereocenters. The third kappa shape index (κ3) is 2.96. The fraction of sp³-hybridized carbons (Fsp3) is 0.154. The predicted octanol–water partition coefficient (Wildman–Crippen LogP) is 3.67. The van der Waals surface area contributed by atoms with Gasteiger partial charge in [-0.15, -0.1) is 0 Å². The molecule has 1 heterocycles. The lowest BCUT2D eigenvalue weighted by Gasteiger charge is -2.10. The molecule has 0 amide bonds. The minimum Gasteiger partial charge on any atom is -0.368 e. The van der Waals surface area contributed by atoms with Gasteiger partial charge in [-0.3, -0.25) is 0 Å². The van der Waals surface area contributed by atoms with Crippen molar-refractivity contribution >= 4 is 17.3 Å². The van der Waals surface area contributed by atoms with Crippen molar-refractivity contribution in [3.8, 4) is 0 Å². The van der Waals surface area contributed by atoms with E-state index in [0.717, 1.165) is 0 Å². The van der Waals surface area contributed by atoms with Gasteiger partial charge < -0.3 is 10.6 Å². The number of para-hydroxylation sites is 1. The highest BCUT2D eigenvalue weighted by molar-refractivity contribution is 5.59. The number of hydrogen-bond donors (Lipinski definition) is 2. The summed E-state index contributed by atoms with van der Waals surface area (Å²) in [7, 11) is 0. The Morgan fingerprint density at radius 3 is 2.37 bits per heavy atom. The molecule has 0 aliphatic rings. The molecule has 2 N–H and O–H groups in total. The molecule has 6 heteroatoms. The van der Waals surface area contributed by atoms with Crippen molar-refractivity contribution in [3.05, 3.63) is 47.8 Å². The molecule has 1 aromatic heterocycles. The summed E-state index contributed by atoms with van der Waals surface area (Å²) in [6.07, 6.45) is 0. The molecule has 1 aromatic carbocycles. The summed E-state index contributed by atoms with van der Waals surface area (Å²) >= 11 is 0. The van der Waals surface area contributed by atoms with Gasteiger partial charge in [-0.1, -0.05) is 12.1 Å². The third-order valence-corrected chi connectivity index (χ3v) is 2.40. The van der Waals surface area contributed by atoms with E-state index in [4.69, 9.17) is 0 Å². The smallest absolute Gasteiger partial charge is 0.169 e. The summed E-state index contributed by atoms with van der Waals surface area (Å²) in [5.74, 6) is -2.54. The maximum atomic E-state index is 13.6. The quantitative estimate of drug-likeness (QED) is 0.887. The first kappa shape index (κ1) is 13.2. The molecule has 0 unspecified atom stereocenters. The van der Waals surface area contributed by atoms with E-state index in [2.05, 4.69) is 15.6 Å². The van der Waals surface area contributed by atoms with Crippen molar-refractivity contribution < 1.29 is 13.2 Å². The average molecular weight is 267 g/mol. The van der Waals surface area contributed by atoms with E-state index in [1.165, 1.54) is 18.2 Å². The van der Waals surface area contributed by atoms with Crippen LogP contribution in [0, 0.1) is 17.5 Å². The van der Waals surface area contributed by atoms with Crippen LogP contribution in [0.3, 0.4) is 0 Å². The van der Waals surface area contributed by atoms with E-state index in [-0.39, 0.29) is 17.3 Å². The van der Waals surface area contributed by atoms with Crippen molar-refractivity contribution in [2.24, 2.45) is 0 Å². The molecule has 0 saturated carbocycles. The minimum atomic E-state index is -0.887. The molecule has 0 aliphatic carbocycles. The van der Waals surface area contributed by atoms with Crippen LogP contribution in [0.1, 0.15) is 6.92 Å². The summed E-state index contributed by atoms with van der Waals surface area (Å²) in [5, 5.41) is 5.16. The Hall–Kier alpha value is -2.24. The largest absolute Gasteiger partial charge is 0.368 e. The maximum Gasteiger partial charge on any atom is 0.169 e. The number of benzene rings is 1. The zero-order valence-corrected chi connectivity index (χ0v) is 10.2. The van der Waals surface area contributed by atoms with Gasteiger partial charge in [0.25, 0.3) is 0 Å². The van der Waals surface area contributed by atoms with Gasteiger partial charge in [0.2, 0.25) is 0 Å². The molecular weight excluding hydrogens is 255 g/mol. The van der Waals surface area contributed by atoms with Gasteiger partial charge in [0.15, 0.2) is 23.3 Å². The molecule has 2 rings (SSSR count). The number of nitrogens with one attached hydrogen (secondary N) is 2. The third-order valence-electron chi connectivity index (χ3n) is 2.40. The highest BCUT2D eigenvalue weighted by Gasteiger charge is 2.12. The fourth-order valence-corrected chi connectivity index (χ4v) is 1.54. The molecule has 100 valence electrons. The molecule has 0 spiro atoms. The second-order valence-corrected chi connectivity index (χ2v) is 3.78.